The Morgan fingerprint density at radius 2 is 1.68 bits per heavy atom. The normalized spacial score (nSPS) is 10.9. The lowest BCUT2D eigenvalue weighted by atomic mass is 10.2. The lowest BCUT2D eigenvalue weighted by molar-refractivity contribution is -0.274. The fraction of sp³-hybridized carbons (Fsp3) is 0.235. The molecule has 2 rings (SSSR count). The number of hydrogen-bond acceptors (Lipinski definition) is 4. The summed E-state index contributed by atoms with van der Waals surface area (Å²) < 4.78 is 50.4. The summed E-state index contributed by atoms with van der Waals surface area (Å²) in [5.41, 5.74) is 0.402. The van der Waals surface area contributed by atoms with Crippen LogP contribution in [0, 0.1) is 0 Å². The summed E-state index contributed by atoms with van der Waals surface area (Å²) in [6.07, 6.45) is -4.73. The summed E-state index contributed by atoms with van der Waals surface area (Å²) in [7, 11) is 1.47. The van der Waals surface area contributed by atoms with Crippen molar-refractivity contribution in [3.05, 3.63) is 54.1 Å². The van der Waals surface area contributed by atoms with Gasteiger partial charge in [-0.3, -0.25) is 4.79 Å². The van der Waals surface area contributed by atoms with Crippen molar-refractivity contribution in [1.82, 2.24) is 5.32 Å². The van der Waals surface area contributed by atoms with Crippen LogP contribution in [0.15, 0.2) is 48.5 Å². The Bertz CT molecular complexity index is 702. The van der Waals surface area contributed by atoms with Crippen molar-refractivity contribution in [2.45, 2.75) is 6.36 Å². The molecule has 0 fully saturated rings. The van der Waals surface area contributed by atoms with Gasteiger partial charge in [0.15, 0.2) is 0 Å². The molecule has 0 aliphatic rings. The highest BCUT2D eigenvalue weighted by Gasteiger charge is 2.30. The van der Waals surface area contributed by atoms with E-state index in [2.05, 4.69) is 10.1 Å². The summed E-state index contributed by atoms with van der Waals surface area (Å²) in [6.45, 7) is 0.373. The third-order valence-corrected chi connectivity index (χ3v) is 3.07. The average molecular weight is 355 g/mol. The van der Waals surface area contributed by atoms with E-state index in [9.17, 15) is 18.0 Å². The molecule has 0 saturated heterocycles. The highest BCUT2D eigenvalue weighted by molar-refractivity contribution is 5.96. The van der Waals surface area contributed by atoms with Crippen molar-refractivity contribution >= 4 is 5.91 Å². The van der Waals surface area contributed by atoms with E-state index >= 15 is 0 Å². The van der Waals surface area contributed by atoms with E-state index in [1.807, 2.05) is 0 Å². The Morgan fingerprint density at radius 3 is 2.32 bits per heavy atom. The number of hydrogen-bond donors (Lipinski definition) is 1. The van der Waals surface area contributed by atoms with Crippen molar-refractivity contribution in [1.29, 1.82) is 0 Å². The highest BCUT2D eigenvalue weighted by atomic mass is 19.4. The average Bonchev–Trinajstić information content (AvgIpc) is 2.58. The lowest BCUT2D eigenvalue weighted by Crippen LogP contribution is -2.28. The van der Waals surface area contributed by atoms with E-state index in [0.29, 0.717) is 17.1 Å². The number of carbonyl (C=O) groups is 1. The van der Waals surface area contributed by atoms with E-state index in [0.717, 1.165) is 12.1 Å². The summed E-state index contributed by atoms with van der Waals surface area (Å²) in [5.74, 6) is 0.182. The molecule has 0 bridgehead atoms. The third-order valence-electron chi connectivity index (χ3n) is 3.07. The standard InChI is InChI=1S/C17H16F3NO4/c1-23-15-5-3-2-4-14(15)16(22)21-10-11-24-12-6-8-13(9-7-12)25-17(18,19)20/h2-9H,10-11H2,1H3,(H,21,22). The van der Waals surface area contributed by atoms with Gasteiger partial charge < -0.3 is 19.5 Å². The van der Waals surface area contributed by atoms with Gasteiger partial charge in [-0.2, -0.15) is 0 Å². The molecule has 0 aromatic heterocycles. The first-order valence-electron chi connectivity index (χ1n) is 7.29. The third kappa shape index (κ3) is 5.91. The number of ether oxygens (including phenoxy) is 3. The van der Waals surface area contributed by atoms with Crippen LogP contribution in [0.4, 0.5) is 13.2 Å². The quantitative estimate of drug-likeness (QED) is 0.774. The van der Waals surface area contributed by atoms with Crippen LogP contribution in [-0.2, 0) is 0 Å². The van der Waals surface area contributed by atoms with E-state index in [4.69, 9.17) is 9.47 Å². The van der Waals surface area contributed by atoms with Gasteiger partial charge in [0.1, 0.15) is 23.9 Å². The zero-order valence-electron chi connectivity index (χ0n) is 13.3. The Labute approximate surface area is 142 Å². The molecule has 0 saturated carbocycles. The fourth-order valence-corrected chi connectivity index (χ4v) is 2.00. The summed E-state index contributed by atoms with van der Waals surface area (Å²) in [4.78, 5) is 12.0. The second-order valence-corrected chi connectivity index (χ2v) is 4.82. The minimum absolute atomic E-state index is 0.153. The number of carbonyl (C=O) groups excluding carboxylic acids is 1. The maximum absolute atomic E-state index is 12.1. The van der Waals surface area contributed by atoms with Gasteiger partial charge >= 0.3 is 6.36 Å². The Kier molecular flexibility index (Phi) is 6.10. The predicted molar refractivity (Wildman–Crippen MR) is 83.9 cm³/mol. The van der Waals surface area contributed by atoms with Gasteiger partial charge in [0.25, 0.3) is 5.91 Å². The number of amides is 1. The van der Waals surface area contributed by atoms with Gasteiger partial charge in [-0.25, -0.2) is 0 Å². The number of halogens is 3. The first-order chi connectivity index (χ1) is 11.9. The van der Waals surface area contributed by atoms with Gasteiger partial charge in [-0.1, -0.05) is 12.1 Å². The van der Waals surface area contributed by atoms with E-state index < -0.39 is 6.36 Å². The number of methoxy groups -OCH3 is 1. The molecule has 0 atom stereocenters. The predicted octanol–water partition coefficient (Wildman–Crippen LogP) is 3.40. The molecule has 0 radical (unpaired) electrons. The lowest BCUT2D eigenvalue weighted by Gasteiger charge is -2.11. The number of benzene rings is 2. The SMILES string of the molecule is COc1ccccc1C(=O)NCCOc1ccc(OC(F)(F)F)cc1. The largest absolute Gasteiger partial charge is 0.573 e. The highest BCUT2D eigenvalue weighted by Crippen LogP contribution is 2.24. The molecule has 25 heavy (non-hydrogen) atoms. The van der Waals surface area contributed by atoms with Crippen LogP contribution < -0.4 is 19.5 Å². The molecule has 1 N–H and O–H groups in total. The van der Waals surface area contributed by atoms with Crippen LogP contribution in [0.1, 0.15) is 10.4 Å². The molecule has 0 heterocycles. The van der Waals surface area contributed by atoms with Crippen LogP contribution in [0.2, 0.25) is 0 Å². The zero-order chi connectivity index (χ0) is 18.3. The maximum atomic E-state index is 12.1. The van der Waals surface area contributed by atoms with Crippen LogP contribution in [0.25, 0.3) is 0 Å². The molecular weight excluding hydrogens is 339 g/mol. The molecule has 2 aromatic carbocycles. The molecule has 5 nitrogen and oxygen atoms in total. The van der Waals surface area contributed by atoms with Crippen molar-refractivity contribution in [3.8, 4) is 17.2 Å². The topological polar surface area (TPSA) is 56.8 Å². The van der Waals surface area contributed by atoms with Crippen molar-refractivity contribution in [2.75, 3.05) is 20.3 Å². The van der Waals surface area contributed by atoms with Gasteiger partial charge in [-0.15, -0.1) is 13.2 Å². The molecule has 0 aliphatic carbocycles. The molecular formula is C17H16F3NO4. The minimum atomic E-state index is -4.73. The second-order valence-electron chi connectivity index (χ2n) is 4.82. The summed E-state index contributed by atoms with van der Waals surface area (Å²) >= 11 is 0. The molecule has 134 valence electrons. The van der Waals surface area contributed by atoms with Gasteiger partial charge in [0.05, 0.1) is 19.2 Å². The first kappa shape index (κ1) is 18.4. The van der Waals surface area contributed by atoms with E-state index in [-0.39, 0.29) is 24.8 Å². The summed E-state index contributed by atoms with van der Waals surface area (Å²) in [5, 5.41) is 2.67. The number of rotatable bonds is 7. The molecule has 0 spiro atoms. The van der Waals surface area contributed by atoms with Gasteiger partial charge in [-0.05, 0) is 36.4 Å². The monoisotopic (exact) mass is 355 g/mol. The molecule has 2 aromatic rings. The van der Waals surface area contributed by atoms with E-state index in [1.54, 1.807) is 24.3 Å². The Morgan fingerprint density at radius 1 is 1.04 bits per heavy atom. The van der Waals surface area contributed by atoms with Crippen LogP contribution in [0.3, 0.4) is 0 Å². The van der Waals surface area contributed by atoms with Crippen molar-refractivity contribution < 1.29 is 32.2 Å². The number of para-hydroxylation sites is 1. The zero-order valence-corrected chi connectivity index (χ0v) is 13.3. The van der Waals surface area contributed by atoms with Crippen molar-refractivity contribution in [2.24, 2.45) is 0 Å². The van der Waals surface area contributed by atoms with Crippen LogP contribution in [0.5, 0.6) is 17.2 Å². The van der Waals surface area contributed by atoms with Crippen molar-refractivity contribution in [3.63, 3.8) is 0 Å². The van der Waals surface area contributed by atoms with Gasteiger partial charge in [0.2, 0.25) is 0 Å². The van der Waals surface area contributed by atoms with Gasteiger partial charge in [0, 0.05) is 0 Å². The molecule has 0 aliphatic heterocycles. The second kappa shape index (κ2) is 8.27. The Hall–Kier alpha value is -2.90. The first-order valence-corrected chi connectivity index (χ1v) is 7.29. The number of nitrogens with one attached hydrogen (secondary N) is 1. The summed E-state index contributed by atoms with van der Waals surface area (Å²) in [6, 6.07) is 11.8. The fourth-order valence-electron chi connectivity index (χ4n) is 2.00. The molecule has 1 amide bonds. The Balaban J connectivity index is 1.78. The minimum Gasteiger partial charge on any atom is -0.496 e. The smallest absolute Gasteiger partial charge is 0.496 e. The van der Waals surface area contributed by atoms with E-state index in [1.165, 1.54) is 19.2 Å². The molecule has 0 unspecified atom stereocenters. The maximum Gasteiger partial charge on any atom is 0.573 e. The number of alkyl halides is 3. The van der Waals surface area contributed by atoms with Crippen LogP contribution in [-0.4, -0.2) is 32.5 Å². The van der Waals surface area contributed by atoms with Crippen LogP contribution >= 0.6 is 0 Å². The molecule has 8 heteroatoms.